The Bertz CT molecular complexity index is 1260. The molecule has 152 valence electrons. The van der Waals surface area contributed by atoms with E-state index in [2.05, 4.69) is 21.1 Å². The zero-order valence-corrected chi connectivity index (χ0v) is 18.1. The van der Waals surface area contributed by atoms with Crippen LogP contribution in [-0.4, -0.2) is 10.3 Å². The molecule has 1 N–H and O–H groups in total. The fourth-order valence-electron chi connectivity index (χ4n) is 2.67. The minimum absolute atomic E-state index is 0.0417. The molecule has 0 radical (unpaired) electrons. The second kappa shape index (κ2) is 11.3. The van der Waals surface area contributed by atoms with E-state index in [1.54, 1.807) is 18.2 Å². The van der Waals surface area contributed by atoms with Gasteiger partial charge in [0.1, 0.15) is 17.5 Å². The predicted molar refractivity (Wildman–Crippen MR) is 126 cm³/mol. The van der Waals surface area contributed by atoms with Crippen LogP contribution in [0.1, 0.15) is 5.56 Å². The Morgan fingerprint density at radius 1 is 0.742 bits per heavy atom. The Labute approximate surface area is 189 Å². The molecule has 0 amide bonds. The minimum atomic E-state index is 0.0417. The maximum Gasteiger partial charge on any atom is 0.167 e. The summed E-state index contributed by atoms with van der Waals surface area (Å²) in [5.74, 6) is 0.0417. The van der Waals surface area contributed by atoms with Crippen LogP contribution in [0.2, 0.25) is 0 Å². The van der Waals surface area contributed by atoms with Crippen LogP contribution in [0.25, 0.3) is 22.2 Å². The maximum absolute atomic E-state index is 8.89. The SMILES string of the molecule is Brc1ccccc1.N#Cc1ccccc1O.c1ccc(-c2noc3ccccc23)cc1. The summed E-state index contributed by atoms with van der Waals surface area (Å²) in [6, 6.07) is 36.2. The highest BCUT2D eigenvalue weighted by atomic mass is 79.9. The number of nitrogens with zero attached hydrogens (tertiary/aromatic N) is 2. The first-order valence-corrected chi connectivity index (χ1v) is 10.3. The van der Waals surface area contributed by atoms with Crippen molar-refractivity contribution in [3.63, 3.8) is 0 Å². The topological polar surface area (TPSA) is 70.0 Å². The lowest BCUT2D eigenvalue weighted by Gasteiger charge is -1.94. The Hall–Kier alpha value is -3.88. The standard InChI is InChI=1S/C13H9NO.C7H5NO.C6H5Br/c1-2-6-10(7-3-1)13-11-8-4-5-9-12(11)15-14-13;8-5-6-3-1-2-4-7(6)9;7-6-4-2-1-3-5-6/h1-9H;1-4,9H;1-5H. The van der Waals surface area contributed by atoms with Crippen LogP contribution in [-0.2, 0) is 0 Å². The number of halogens is 1. The first-order valence-electron chi connectivity index (χ1n) is 9.47. The van der Waals surface area contributed by atoms with Gasteiger partial charge in [0.2, 0.25) is 0 Å². The van der Waals surface area contributed by atoms with Crippen molar-refractivity contribution in [1.82, 2.24) is 5.16 Å². The zero-order chi connectivity index (χ0) is 21.9. The summed E-state index contributed by atoms with van der Waals surface area (Å²) in [6.07, 6.45) is 0. The number of fused-ring (bicyclic) bond motifs is 1. The fourth-order valence-corrected chi connectivity index (χ4v) is 2.98. The summed E-state index contributed by atoms with van der Waals surface area (Å²) in [5, 5.41) is 22.3. The first-order chi connectivity index (χ1) is 15.2. The molecule has 0 aliphatic rings. The van der Waals surface area contributed by atoms with E-state index in [-0.39, 0.29) is 5.75 Å². The third kappa shape index (κ3) is 6.30. The quantitative estimate of drug-likeness (QED) is 0.281. The van der Waals surface area contributed by atoms with Gasteiger partial charge in [-0.05, 0) is 36.4 Å². The summed E-state index contributed by atoms with van der Waals surface area (Å²) in [4.78, 5) is 0. The first kappa shape index (κ1) is 21.8. The monoisotopic (exact) mass is 470 g/mol. The van der Waals surface area contributed by atoms with Crippen molar-refractivity contribution in [2.75, 3.05) is 0 Å². The molecule has 0 spiro atoms. The molecule has 0 bridgehead atoms. The van der Waals surface area contributed by atoms with Crippen LogP contribution < -0.4 is 0 Å². The number of para-hydroxylation sites is 2. The largest absolute Gasteiger partial charge is 0.507 e. The highest BCUT2D eigenvalue weighted by molar-refractivity contribution is 9.10. The van der Waals surface area contributed by atoms with Crippen LogP contribution >= 0.6 is 15.9 Å². The van der Waals surface area contributed by atoms with Crippen molar-refractivity contribution in [2.45, 2.75) is 0 Å². The van der Waals surface area contributed by atoms with Crippen molar-refractivity contribution in [3.05, 3.63) is 119 Å². The van der Waals surface area contributed by atoms with Crippen LogP contribution in [0.4, 0.5) is 0 Å². The second-order valence-electron chi connectivity index (χ2n) is 6.32. The number of hydrogen-bond donors (Lipinski definition) is 1. The van der Waals surface area contributed by atoms with Crippen molar-refractivity contribution in [3.8, 4) is 23.1 Å². The predicted octanol–water partition coefficient (Wildman–Crippen LogP) is 7.21. The van der Waals surface area contributed by atoms with Gasteiger partial charge >= 0.3 is 0 Å². The van der Waals surface area contributed by atoms with Crippen molar-refractivity contribution in [2.24, 2.45) is 0 Å². The number of nitriles is 1. The summed E-state index contributed by atoms with van der Waals surface area (Å²) in [5.41, 5.74) is 3.14. The van der Waals surface area contributed by atoms with E-state index in [1.807, 2.05) is 91.0 Å². The zero-order valence-electron chi connectivity index (χ0n) is 16.5. The number of aromatic nitrogens is 1. The summed E-state index contributed by atoms with van der Waals surface area (Å²) < 4.78 is 6.39. The van der Waals surface area contributed by atoms with E-state index in [0.717, 1.165) is 26.7 Å². The molecule has 4 nitrogen and oxygen atoms in total. The Morgan fingerprint density at radius 3 is 1.90 bits per heavy atom. The van der Waals surface area contributed by atoms with Crippen LogP contribution in [0.5, 0.6) is 5.75 Å². The van der Waals surface area contributed by atoms with Gasteiger partial charge in [-0.15, -0.1) is 0 Å². The smallest absolute Gasteiger partial charge is 0.167 e. The molecule has 1 heterocycles. The normalized spacial score (nSPS) is 9.55. The van der Waals surface area contributed by atoms with E-state index in [0.29, 0.717) is 5.56 Å². The van der Waals surface area contributed by atoms with Gasteiger partial charge in [-0.25, -0.2) is 0 Å². The van der Waals surface area contributed by atoms with Gasteiger partial charge in [-0.3, -0.25) is 0 Å². The molecule has 5 rings (SSSR count). The second-order valence-corrected chi connectivity index (χ2v) is 7.23. The van der Waals surface area contributed by atoms with E-state index < -0.39 is 0 Å². The molecule has 0 saturated heterocycles. The Balaban J connectivity index is 0.000000145. The molecular formula is C26H19BrN2O2. The van der Waals surface area contributed by atoms with Crippen molar-refractivity contribution in [1.29, 1.82) is 5.26 Å². The number of rotatable bonds is 1. The maximum atomic E-state index is 8.89. The van der Waals surface area contributed by atoms with Gasteiger partial charge in [0.05, 0.1) is 5.56 Å². The number of hydrogen-bond acceptors (Lipinski definition) is 4. The lowest BCUT2D eigenvalue weighted by molar-refractivity contribution is 0.459. The van der Waals surface area contributed by atoms with Gasteiger partial charge in [0, 0.05) is 15.4 Å². The summed E-state index contributed by atoms with van der Waals surface area (Å²) in [7, 11) is 0. The fraction of sp³-hybridized carbons (Fsp3) is 0. The van der Waals surface area contributed by atoms with Gasteiger partial charge in [0.25, 0.3) is 0 Å². The van der Waals surface area contributed by atoms with Crippen molar-refractivity contribution >= 4 is 26.9 Å². The number of benzene rings is 4. The number of phenols is 1. The highest BCUT2D eigenvalue weighted by Gasteiger charge is 2.08. The van der Waals surface area contributed by atoms with Crippen LogP contribution in [0.3, 0.4) is 0 Å². The van der Waals surface area contributed by atoms with Gasteiger partial charge in [-0.2, -0.15) is 5.26 Å². The highest BCUT2D eigenvalue weighted by Crippen LogP contribution is 2.27. The molecule has 0 unspecified atom stereocenters. The van der Waals surface area contributed by atoms with E-state index in [4.69, 9.17) is 14.9 Å². The number of phenolic OH excluding ortho intramolecular Hbond substituents is 1. The summed E-state index contributed by atoms with van der Waals surface area (Å²) >= 11 is 3.31. The molecular weight excluding hydrogens is 452 g/mol. The average Bonchev–Trinajstić information content (AvgIpc) is 3.26. The van der Waals surface area contributed by atoms with Crippen LogP contribution in [0, 0.1) is 11.3 Å². The van der Waals surface area contributed by atoms with Gasteiger partial charge in [-0.1, -0.05) is 93.9 Å². The lowest BCUT2D eigenvalue weighted by Crippen LogP contribution is -1.76. The third-order valence-electron chi connectivity index (χ3n) is 4.18. The average molecular weight is 471 g/mol. The molecule has 5 heteroatoms. The molecule has 0 aliphatic carbocycles. The van der Waals surface area contributed by atoms with Gasteiger partial charge in [0.15, 0.2) is 5.58 Å². The van der Waals surface area contributed by atoms with Crippen LogP contribution in [0.15, 0.2) is 118 Å². The molecule has 31 heavy (non-hydrogen) atoms. The van der Waals surface area contributed by atoms with Crippen molar-refractivity contribution < 1.29 is 9.63 Å². The van der Waals surface area contributed by atoms with E-state index in [9.17, 15) is 0 Å². The van der Waals surface area contributed by atoms with E-state index >= 15 is 0 Å². The Kier molecular flexibility index (Phi) is 7.98. The molecule has 1 aromatic heterocycles. The molecule has 5 aromatic rings. The Morgan fingerprint density at radius 2 is 1.32 bits per heavy atom. The molecule has 4 aromatic carbocycles. The third-order valence-corrected chi connectivity index (χ3v) is 4.71. The summed E-state index contributed by atoms with van der Waals surface area (Å²) in [6.45, 7) is 0. The molecule has 0 atom stereocenters. The number of aromatic hydroxyl groups is 1. The molecule has 0 aliphatic heterocycles. The molecule has 0 fully saturated rings. The minimum Gasteiger partial charge on any atom is -0.507 e. The van der Waals surface area contributed by atoms with Gasteiger partial charge < -0.3 is 9.63 Å². The molecule has 0 saturated carbocycles. The lowest BCUT2D eigenvalue weighted by atomic mass is 10.1. The van der Waals surface area contributed by atoms with E-state index in [1.165, 1.54) is 6.07 Å².